The standard InChI is InChI=1S/C17H26N2O2S/c1-20-16-5-4-14(12-19-8-6-18-7-9-19)11-17(16)21-15-3-2-10-22-13-15/h4-5,11,15,18H,2-3,6-10,12-13H2,1H3. The van der Waals surface area contributed by atoms with Gasteiger partial charge in [0.25, 0.3) is 0 Å². The van der Waals surface area contributed by atoms with Gasteiger partial charge in [-0.3, -0.25) is 4.90 Å². The van der Waals surface area contributed by atoms with Crippen molar-refractivity contribution in [3.8, 4) is 11.5 Å². The maximum atomic E-state index is 6.23. The number of methoxy groups -OCH3 is 1. The van der Waals surface area contributed by atoms with Gasteiger partial charge in [-0.1, -0.05) is 6.07 Å². The summed E-state index contributed by atoms with van der Waals surface area (Å²) in [5.74, 6) is 4.10. The number of piperazine rings is 1. The quantitative estimate of drug-likeness (QED) is 0.900. The van der Waals surface area contributed by atoms with E-state index in [0.717, 1.165) is 56.4 Å². The van der Waals surface area contributed by atoms with E-state index in [-0.39, 0.29) is 0 Å². The zero-order chi connectivity index (χ0) is 15.2. The van der Waals surface area contributed by atoms with Gasteiger partial charge in [0.05, 0.1) is 7.11 Å². The van der Waals surface area contributed by atoms with E-state index in [9.17, 15) is 0 Å². The smallest absolute Gasteiger partial charge is 0.161 e. The minimum Gasteiger partial charge on any atom is -0.493 e. The van der Waals surface area contributed by atoms with Gasteiger partial charge >= 0.3 is 0 Å². The summed E-state index contributed by atoms with van der Waals surface area (Å²) < 4.78 is 11.7. The monoisotopic (exact) mass is 322 g/mol. The first-order chi connectivity index (χ1) is 10.8. The zero-order valence-electron chi connectivity index (χ0n) is 13.3. The third kappa shape index (κ3) is 4.31. The van der Waals surface area contributed by atoms with E-state index in [1.807, 2.05) is 17.8 Å². The number of hydrogen-bond acceptors (Lipinski definition) is 5. The molecule has 0 aliphatic carbocycles. The van der Waals surface area contributed by atoms with Gasteiger partial charge in [0.15, 0.2) is 11.5 Å². The van der Waals surface area contributed by atoms with Gasteiger partial charge in [-0.25, -0.2) is 0 Å². The van der Waals surface area contributed by atoms with Crippen LogP contribution in [0.4, 0.5) is 0 Å². The lowest BCUT2D eigenvalue weighted by Gasteiger charge is -2.28. The van der Waals surface area contributed by atoms with Crippen molar-refractivity contribution in [2.45, 2.75) is 25.5 Å². The highest BCUT2D eigenvalue weighted by molar-refractivity contribution is 7.99. The summed E-state index contributed by atoms with van der Waals surface area (Å²) in [6.45, 7) is 5.38. The van der Waals surface area contributed by atoms with Crippen LogP contribution < -0.4 is 14.8 Å². The largest absolute Gasteiger partial charge is 0.493 e. The Balaban J connectivity index is 1.67. The van der Waals surface area contributed by atoms with Crippen molar-refractivity contribution in [2.24, 2.45) is 0 Å². The molecular formula is C17H26N2O2S. The molecule has 2 saturated heterocycles. The van der Waals surface area contributed by atoms with Gasteiger partial charge in [0.1, 0.15) is 6.10 Å². The first kappa shape index (κ1) is 16.0. The van der Waals surface area contributed by atoms with Crippen molar-refractivity contribution in [3.63, 3.8) is 0 Å². The molecule has 0 saturated carbocycles. The third-order valence-electron chi connectivity index (χ3n) is 4.26. The lowest BCUT2D eigenvalue weighted by molar-refractivity contribution is 0.201. The molecule has 1 aromatic carbocycles. The molecule has 1 atom stereocenters. The fourth-order valence-electron chi connectivity index (χ4n) is 3.02. The SMILES string of the molecule is COc1ccc(CN2CCNCC2)cc1OC1CCCSC1. The molecule has 22 heavy (non-hydrogen) atoms. The Labute approximate surface area is 137 Å². The topological polar surface area (TPSA) is 33.7 Å². The highest BCUT2D eigenvalue weighted by Gasteiger charge is 2.18. The van der Waals surface area contributed by atoms with Gasteiger partial charge in [-0.2, -0.15) is 11.8 Å². The molecule has 2 aliphatic rings. The molecule has 2 aliphatic heterocycles. The molecule has 4 nitrogen and oxygen atoms in total. The van der Waals surface area contributed by atoms with Crippen molar-refractivity contribution in [1.29, 1.82) is 0 Å². The number of benzene rings is 1. The molecule has 0 spiro atoms. The highest BCUT2D eigenvalue weighted by Crippen LogP contribution is 2.32. The summed E-state index contributed by atoms with van der Waals surface area (Å²) in [4.78, 5) is 2.48. The normalized spacial score (nSPS) is 23.2. The van der Waals surface area contributed by atoms with E-state index < -0.39 is 0 Å². The molecule has 5 heteroatoms. The van der Waals surface area contributed by atoms with Crippen LogP contribution in [0.5, 0.6) is 11.5 Å². The first-order valence-corrected chi connectivity index (χ1v) is 9.35. The molecule has 1 unspecified atom stereocenters. The van der Waals surface area contributed by atoms with E-state index in [0.29, 0.717) is 6.10 Å². The minimum absolute atomic E-state index is 0.321. The second-order valence-corrected chi connectivity index (χ2v) is 7.12. The van der Waals surface area contributed by atoms with Gasteiger partial charge < -0.3 is 14.8 Å². The number of nitrogens with zero attached hydrogens (tertiary/aromatic N) is 1. The molecule has 0 amide bonds. The Kier molecular flexibility index (Phi) is 5.87. The molecular weight excluding hydrogens is 296 g/mol. The van der Waals surface area contributed by atoms with E-state index in [4.69, 9.17) is 9.47 Å². The first-order valence-electron chi connectivity index (χ1n) is 8.19. The maximum absolute atomic E-state index is 6.23. The maximum Gasteiger partial charge on any atom is 0.161 e. The Morgan fingerprint density at radius 3 is 2.86 bits per heavy atom. The van der Waals surface area contributed by atoms with Gasteiger partial charge in [0.2, 0.25) is 0 Å². The van der Waals surface area contributed by atoms with Crippen LogP contribution in [-0.2, 0) is 6.54 Å². The van der Waals surface area contributed by atoms with Crippen molar-refractivity contribution >= 4 is 11.8 Å². The van der Waals surface area contributed by atoms with Crippen LogP contribution in [0.2, 0.25) is 0 Å². The summed E-state index contributed by atoms with van der Waals surface area (Å²) in [6.07, 6.45) is 2.72. The lowest BCUT2D eigenvalue weighted by atomic mass is 10.1. The summed E-state index contributed by atoms with van der Waals surface area (Å²) in [7, 11) is 1.72. The van der Waals surface area contributed by atoms with E-state index >= 15 is 0 Å². The number of rotatable bonds is 5. The predicted octanol–water partition coefficient (Wildman–Crippen LogP) is 2.37. The Morgan fingerprint density at radius 1 is 1.27 bits per heavy atom. The molecule has 3 rings (SSSR count). The number of nitrogens with one attached hydrogen (secondary N) is 1. The van der Waals surface area contributed by atoms with E-state index in [1.165, 1.54) is 17.7 Å². The minimum atomic E-state index is 0.321. The molecule has 2 fully saturated rings. The summed E-state index contributed by atoms with van der Waals surface area (Å²) in [6, 6.07) is 6.37. The highest BCUT2D eigenvalue weighted by atomic mass is 32.2. The Bertz CT molecular complexity index is 472. The lowest BCUT2D eigenvalue weighted by Crippen LogP contribution is -2.42. The van der Waals surface area contributed by atoms with Crippen LogP contribution in [-0.4, -0.2) is 55.8 Å². The van der Waals surface area contributed by atoms with Crippen LogP contribution in [0.3, 0.4) is 0 Å². The molecule has 1 N–H and O–H groups in total. The van der Waals surface area contributed by atoms with Crippen molar-refractivity contribution < 1.29 is 9.47 Å². The predicted molar refractivity (Wildman–Crippen MR) is 92.1 cm³/mol. The molecule has 2 heterocycles. The van der Waals surface area contributed by atoms with Crippen molar-refractivity contribution in [3.05, 3.63) is 23.8 Å². The average Bonchev–Trinajstić information content (AvgIpc) is 2.57. The van der Waals surface area contributed by atoms with Gasteiger partial charge in [0, 0.05) is 38.5 Å². The second-order valence-electron chi connectivity index (χ2n) is 5.97. The zero-order valence-corrected chi connectivity index (χ0v) is 14.2. The number of hydrogen-bond donors (Lipinski definition) is 1. The van der Waals surface area contributed by atoms with Crippen LogP contribution in [0.1, 0.15) is 18.4 Å². The van der Waals surface area contributed by atoms with Crippen LogP contribution in [0, 0.1) is 0 Å². The summed E-state index contributed by atoms with van der Waals surface area (Å²) in [5, 5.41) is 3.40. The van der Waals surface area contributed by atoms with E-state index in [1.54, 1.807) is 7.11 Å². The molecule has 122 valence electrons. The van der Waals surface area contributed by atoms with E-state index in [2.05, 4.69) is 22.3 Å². The molecule has 1 aromatic rings. The van der Waals surface area contributed by atoms with Crippen molar-refractivity contribution in [2.75, 3.05) is 44.8 Å². The summed E-state index contributed by atoms with van der Waals surface area (Å²) in [5.41, 5.74) is 1.31. The van der Waals surface area contributed by atoms with Crippen LogP contribution in [0.25, 0.3) is 0 Å². The summed E-state index contributed by atoms with van der Waals surface area (Å²) >= 11 is 1.99. The van der Waals surface area contributed by atoms with Crippen LogP contribution in [0.15, 0.2) is 18.2 Å². The Morgan fingerprint density at radius 2 is 2.14 bits per heavy atom. The fourth-order valence-corrected chi connectivity index (χ4v) is 4.06. The Hall–Kier alpha value is -0.910. The van der Waals surface area contributed by atoms with Gasteiger partial charge in [-0.05, 0) is 36.3 Å². The number of thioether (sulfide) groups is 1. The molecule has 0 radical (unpaired) electrons. The average molecular weight is 322 g/mol. The fraction of sp³-hybridized carbons (Fsp3) is 0.647. The number of ether oxygens (including phenoxy) is 2. The molecule has 0 aromatic heterocycles. The third-order valence-corrected chi connectivity index (χ3v) is 5.44. The molecule has 0 bridgehead atoms. The van der Waals surface area contributed by atoms with Crippen LogP contribution >= 0.6 is 11.8 Å². The second kappa shape index (κ2) is 8.09. The van der Waals surface area contributed by atoms with Gasteiger partial charge in [-0.15, -0.1) is 0 Å². The van der Waals surface area contributed by atoms with Crippen molar-refractivity contribution in [1.82, 2.24) is 10.2 Å².